The number of hydrogen-bond donors (Lipinski definition) is 1. The van der Waals surface area contributed by atoms with Crippen molar-refractivity contribution < 1.29 is 14.6 Å². The molecule has 0 saturated heterocycles. The molecule has 0 aliphatic heterocycles. The van der Waals surface area contributed by atoms with Gasteiger partial charge in [-0.3, -0.25) is 4.79 Å². The molecule has 1 rings (SSSR count). The Balaban J connectivity index is 2.32. The van der Waals surface area contributed by atoms with E-state index in [1.165, 1.54) is 0 Å². The smallest absolute Gasteiger partial charge is 0.309 e. The van der Waals surface area contributed by atoms with Gasteiger partial charge in [-0.25, -0.2) is 0 Å². The number of hydrogen-bond acceptors (Lipinski definition) is 2. The van der Waals surface area contributed by atoms with Crippen LogP contribution in [0, 0.1) is 8.99 Å². The molecule has 0 radical (unpaired) electrons. The minimum absolute atomic E-state index is 0.552. The van der Waals surface area contributed by atoms with Gasteiger partial charge in [-0.2, -0.15) is 0 Å². The van der Waals surface area contributed by atoms with E-state index in [1.807, 2.05) is 24.3 Å². The Morgan fingerprint density at radius 1 is 1.47 bits per heavy atom. The lowest BCUT2D eigenvalue weighted by molar-refractivity contribution is -0.147. The third-order valence-corrected chi connectivity index (χ3v) is 3.26. The van der Waals surface area contributed by atoms with Crippen molar-refractivity contribution in [1.82, 2.24) is 0 Å². The van der Waals surface area contributed by atoms with Crippen LogP contribution < -0.4 is 4.74 Å². The van der Waals surface area contributed by atoms with Gasteiger partial charge in [0.05, 0.1) is 12.0 Å². The predicted octanol–water partition coefficient (Wildman–Crippen LogP) is 3.56. The molecule has 1 N–H and O–H groups in total. The average molecular weight is 348 g/mol. The first kappa shape index (κ1) is 14.3. The molecular weight excluding hydrogens is 331 g/mol. The molecular formula is C13H17IO3. The zero-order chi connectivity index (χ0) is 12.9. The number of carboxylic acids is 1. The van der Waals surface area contributed by atoms with E-state index in [1.54, 1.807) is 13.8 Å². The first-order chi connectivity index (χ1) is 7.92. The molecule has 0 bridgehead atoms. The Kier molecular flexibility index (Phi) is 5.24. The summed E-state index contributed by atoms with van der Waals surface area (Å²) < 4.78 is 6.69. The van der Waals surface area contributed by atoms with Gasteiger partial charge in [-0.05, 0) is 67.5 Å². The Morgan fingerprint density at radius 2 is 2.18 bits per heavy atom. The van der Waals surface area contributed by atoms with E-state index < -0.39 is 11.4 Å². The SMILES string of the molecule is CC(C)(CCCOc1cccc(I)c1)C(=O)O. The van der Waals surface area contributed by atoms with Gasteiger partial charge >= 0.3 is 5.97 Å². The molecule has 0 unspecified atom stereocenters. The fourth-order valence-electron chi connectivity index (χ4n) is 1.37. The van der Waals surface area contributed by atoms with Crippen LogP contribution in [0.3, 0.4) is 0 Å². The summed E-state index contributed by atoms with van der Waals surface area (Å²) in [6.07, 6.45) is 1.36. The highest BCUT2D eigenvalue weighted by atomic mass is 127. The zero-order valence-corrected chi connectivity index (χ0v) is 12.2. The summed E-state index contributed by atoms with van der Waals surface area (Å²) in [5.74, 6) is 0.0804. The second kappa shape index (κ2) is 6.23. The maximum absolute atomic E-state index is 10.9. The number of carbonyl (C=O) groups is 1. The third kappa shape index (κ3) is 4.93. The molecule has 0 fully saturated rings. The fourth-order valence-corrected chi connectivity index (χ4v) is 1.88. The van der Waals surface area contributed by atoms with Crippen LogP contribution in [0.15, 0.2) is 24.3 Å². The van der Waals surface area contributed by atoms with E-state index in [4.69, 9.17) is 9.84 Å². The van der Waals surface area contributed by atoms with Crippen LogP contribution in [0.25, 0.3) is 0 Å². The Morgan fingerprint density at radius 3 is 2.76 bits per heavy atom. The fraction of sp³-hybridized carbons (Fsp3) is 0.462. The van der Waals surface area contributed by atoms with Crippen LogP contribution in [0.4, 0.5) is 0 Å². The Labute approximate surface area is 115 Å². The quantitative estimate of drug-likeness (QED) is 0.632. The van der Waals surface area contributed by atoms with Gasteiger partial charge in [0.15, 0.2) is 0 Å². The summed E-state index contributed by atoms with van der Waals surface area (Å²) in [7, 11) is 0. The van der Waals surface area contributed by atoms with Gasteiger partial charge in [-0.1, -0.05) is 6.07 Å². The van der Waals surface area contributed by atoms with Crippen LogP contribution in [0.5, 0.6) is 5.75 Å². The maximum Gasteiger partial charge on any atom is 0.309 e. The van der Waals surface area contributed by atoms with E-state index >= 15 is 0 Å². The van der Waals surface area contributed by atoms with Gasteiger partial charge in [0.25, 0.3) is 0 Å². The Bertz CT molecular complexity index is 388. The number of carboxylic acid groups (broad SMARTS) is 1. The molecule has 0 aromatic heterocycles. The van der Waals surface area contributed by atoms with Crippen molar-refractivity contribution in [3.8, 4) is 5.75 Å². The molecule has 0 heterocycles. The van der Waals surface area contributed by atoms with Crippen molar-refractivity contribution in [3.63, 3.8) is 0 Å². The van der Waals surface area contributed by atoms with Crippen LogP contribution >= 0.6 is 22.6 Å². The van der Waals surface area contributed by atoms with Gasteiger partial charge < -0.3 is 9.84 Å². The molecule has 17 heavy (non-hydrogen) atoms. The highest BCUT2D eigenvalue weighted by Gasteiger charge is 2.26. The number of ether oxygens (including phenoxy) is 1. The molecule has 1 aromatic carbocycles. The van der Waals surface area contributed by atoms with Gasteiger partial charge in [0.1, 0.15) is 5.75 Å². The molecule has 0 aliphatic rings. The maximum atomic E-state index is 10.9. The lowest BCUT2D eigenvalue weighted by atomic mass is 9.88. The first-order valence-corrected chi connectivity index (χ1v) is 6.61. The van der Waals surface area contributed by atoms with Gasteiger partial charge in [-0.15, -0.1) is 0 Å². The zero-order valence-electron chi connectivity index (χ0n) is 10.1. The first-order valence-electron chi connectivity index (χ1n) is 5.53. The molecule has 0 amide bonds. The monoisotopic (exact) mass is 348 g/mol. The normalized spacial score (nSPS) is 11.2. The van der Waals surface area contributed by atoms with E-state index in [0.29, 0.717) is 13.0 Å². The summed E-state index contributed by atoms with van der Waals surface area (Å²) in [6.45, 7) is 4.03. The third-order valence-electron chi connectivity index (χ3n) is 2.59. The Hall–Kier alpha value is -0.780. The molecule has 0 saturated carbocycles. The van der Waals surface area contributed by atoms with Crippen LogP contribution in [0.1, 0.15) is 26.7 Å². The number of aliphatic carboxylic acids is 1. The van der Waals surface area contributed by atoms with Crippen LogP contribution in [-0.2, 0) is 4.79 Å². The van der Waals surface area contributed by atoms with Crippen molar-refractivity contribution in [2.24, 2.45) is 5.41 Å². The second-order valence-electron chi connectivity index (χ2n) is 4.60. The lowest BCUT2D eigenvalue weighted by Gasteiger charge is -2.18. The second-order valence-corrected chi connectivity index (χ2v) is 5.84. The molecule has 1 aromatic rings. The largest absolute Gasteiger partial charge is 0.494 e. The summed E-state index contributed by atoms with van der Waals surface area (Å²) in [6, 6.07) is 7.81. The number of benzene rings is 1. The van der Waals surface area contributed by atoms with Crippen molar-refractivity contribution in [3.05, 3.63) is 27.8 Å². The topological polar surface area (TPSA) is 46.5 Å². The van der Waals surface area contributed by atoms with Crippen LogP contribution in [0.2, 0.25) is 0 Å². The van der Waals surface area contributed by atoms with Crippen molar-refractivity contribution in [1.29, 1.82) is 0 Å². The van der Waals surface area contributed by atoms with Gasteiger partial charge in [0, 0.05) is 3.57 Å². The lowest BCUT2D eigenvalue weighted by Crippen LogP contribution is -2.24. The van der Waals surface area contributed by atoms with Crippen molar-refractivity contribution in [2.75, 3.05) is 6.61 Å². The van der Waals surface area contributed by atoms with Crippen molar-refractivity contribution >= 4 is 28.6 Å². The van der Waals surface area contributed by atoms with E-state index in [9.17, 15) is 4.79 Å². The number of rotatable bonds is 6. The van der Waals surface area contributed by atoms with Crippen molar-refractivity contribution in [2.45, 2.75) is 26.7 Å². The van der Waals surface area contributed by atoms with E-state index in [0.717, 1.165) is 15.7 Å². The summed E-state index contributed by atoms with van der Waals surface area (Å²) in [5.41, 5.74) is -0.672. The highest BCUT2D eigenvalue weighted by molar-refractivity contribution is 14.1. The summed E-state index contributed by atoms with van der Waals surface area (Å²) >= 11 is 2.23. The molecule has 0 aliphatic carbocycles. The summed E-state index contributed by atoms with van der Waals surface area (Å²) in [4.78, 5) is 10.9. The minimum Gasteiger partial charge on any atom is -0.494 e. The predicted molar refractivity (Wildman–Crippen MR) is 75.3 cm³/mol. The molecule has 94 valence electrons. The van der Waals surface area contributed by atoms with Gasteiger partial charge in [0.2, 0.25) is 0 Å². The standard InChI is InChI=1S/C13H17IO3/c1-13(2,12(15)16)7-4-8-17-11-6-3-5-10(14)9-11/h3,5-6,9H,4,7-8H2,1-2H3,(H,15,16). The van der Waals surface area contributed by atoms with E-state index in [-0.39, 0.29) is 0 Å². The highest BCUT2D eigenvalue weighted by Crippen LogP contribution is 2.22. The van der Waals surface area contributed by atoms with Crippen LogP contribution in [-0.4, -0.2) is 17.7 Å². The molecule has 3 nitrogen and oxygen atoms in total. The minimum atomic E-state index is -0.758. The molecule has 0 spiro atoms. The summed E-state index contributed by atoms with van der Waals surface area (Å²) in [5, 5.41) is 8.95. The average Bonchev–Trinajstić information content (AvgIpc) is 2.24. The van der Waals surface area contributed by atoms with E-state index in [2.05, 4.69) is 22.6 Å². The molecule has 0 atom stereocenters. The number of halogens is 1. The molecule has 4 heteroatoms.